The van der Waals surface area contributed by atoms with E-state index < -0.39 is 0 Å². The van der Waals surface area contributed by atoms with Gasteiger partial charge in [0, 0.05) is 30.7 Å². The Morgan fingerprint density at radius 3 is 3.05 bits per heavy atom. The molecule has 1 aromatic carbocycles. The Hall–Kier alpha value is -2.56. The number of nitrogens with zero attached hydrogens (tertiary/aromatic N) is 2. The highest BCUT2D eigenvalue weighted by atomic mass is 16.3. The van der Waals surface area contributed by atoms with Crippen molar-refractivity contribution in [2.24, 2.45) is 7.05 Å². The van der Waals surface area contributed by atoms with Gasteiger partial charge < -0.3 is 9.73 Å². The number of hydrogen-bond acceptors (Lipinski definition) is 3. The Kier molecular flexibility index (Phi) is 3.02. The first-order chi connectivity index (χ1) is 9.63. The molecule has 20 heavy (non-hydrogen) atoms. The Morgan fingerprint density at radius 2 is 2.30 bits per heavy atom. The van der Waals surface area contributed by atoms with Gasteiger partial charge in [-0.05, 0) is 19.1 Å². The number of carbonyl (C=O) groups excluding carboxylic acids is 1. The zero-order valence-electron chi connectivity index (χ0n) is 11.4. The number of hydrogen-bond donors (Lipinski definition) is 1. The van der Waals surface area contributed by atoms with Crippen LogP contribution in [0.5, 0.6) is 0 Å². The zero-order chi connectivity index (χ0) is 14.1. The number of nitrogens with one attached hydrogen (secondary N) is 1. The topological polar surface area (TPSA) is 60.1 Å². The van der Waals surface area contributed by atoms with E-state index in [0.29, 0.717) is 17.7 Å². The molecule has 5 heteroatoms. The van der Waals surface area contributed by atoms with Crippen LogP contribution < -0.4 is 5.32 Å². The van der Waals surface area contributed by atoms with E-state index in [1.807, 2.05) is 38.4 Å². The molecule has 0 saturated carbocycles. The van der Waals surface area contributed by atoms with Crippen LogP contribution >= 0.6 is 0 Å². The smallest absolute Gasteiger partial charge is 0.255 e. The van der Waals surface area contributed by atoms with Gasteiger partial charge in [-0.2, -0.15) is 5.10 Å². The maximum absolute atomic E-state index is 12.2. The molecule has 5 nitrogen and oxygen atoms in total. The quantitative estimate of drug-likeness (QED) is 0.794. The predicted octanol–water partition coefficient (Wildman–Crippen LogP) is 2.40. The molecule has 0 radical (unpaired) electrons. The van der Waals surface area contributed by atoms with Crippen LogP contribution in [0.15, 0.2) is 41.1 Å². The van der Waals surface area contributed by atoms with Crippen LogP contribution in [0, 0.1) is 6.92 Å². The van der Waals surface area contributed by atoms with Crippen molar-refractivity contribution in [2.75, 3.05) is 0 Å². The second kappa shape index (κ2) is 4.85. The minimum atomic E-state index is -0.145. The van der Waals surface area contributed by atoms with E-state index in [1.165, 1.54) is 0 Å². The van der Waals surface area contributed by atoms with E-state index >= 15 is 0 Å². The van der Waals surface area contributed by atoms with Crippen molar-refractivity contribution in [3.63, 3.8) is 0 Å². The van der Waals surface area contributed by atoms with Crippen molar-refractivity contribution < 1.29 is 9.21 Å². The van der Waals surface area contributed by atoms with Gasteiger partial charge in [-0.3, -0.25) is 9.48 Å². The third-order valence-corrected chi connectivity index (χ3v) is 3.12. The molecular formula is C15H15N3O2. The summed E-state index contributed by atoms with van der Waals surface area (Å²) < 4.78 is 7.31. The number of para-hydroxylation sites is 1. The SMILES string of the molecule is Cc1cc2cccc(C(=O)NCc3cnn(C)c3)c2o1. The largest absolute Gasteiger partial charge is 0.461 e. The van der Waals surface area contributed by atoms with Gasteiger partial charge in [0.25, 0.3) is 5.91 Å². The molecule has 0 unspecified atom stereocenters. The van der Waals surface area contributed by atoms with Crippen molar-refractivity contribution in [3.8, 4) is 0 Å². The summed E-state index contributed by atoms with van der Waals surface area (Å²) in [7, 11) is 1.84. The van der Waals surface area contributed by atoms with Gasteiger partial charge in [0.15, 0.2) is 0 Å². The van der Waals surface area contributed by atoms with Crippen LogP contribution in [0.2, 0.25) is 0 Å². The summed E-state index contributed by atoms with van der Waals surface area (Å²) in [4.78, 5) is 12.2. The van der Waals surface area contributed by atoms with E-state index in [-0.39, 0.29) is 5.91 Å². The number of amides is 1. The summed E-state index contributed by atoms with van der Waals surface area (Å²) in [6.07, 6.45) is 3.61. The van der Waals surface area contributed by atoms with Crippen LogP contribution in [0.25, 0.3) is 11.0 Å². The van der Waals surface area contributed by atoms with Crippen molar-refractivity contribution in [3.05, 3.63) is 53.5 Å². The van der Waals surface area contributed by atoms with Crippen molar-refractivity contribution in [2.45, 2.75) is 13.5 Å². The minimum absolute atomic E-state index is 0.145. The van der Waals surface area contributed by atoms with Crippen LogP contribution in [0.1, 0.15) is 21.7 Å². The molecule has 3 aromatic rings. The lowest BCUT2D eigenvalue weighted by molar-refractivity contribution is 0.0951. The summed E-state index contributed by atoms with van der Waals surface area (Å²) in [5.41, 5.74) is 2.15. The number of furan rings is 1. The molecule has 0 aliphatic carbocycles. The van der Waals surface area contributed by atoms with E-state index in [0.717, 1.165) is 16.7 Å². The number of aryl methyl sites for hydroxylation is 2. The second-order valence-corrected chi connectivity index (χ2v) is 4.79. The first kappa shape index (κ1) is 12.5. The lowest BCUT2D eigenvalue weighted by Crippen LogP contribution is -2.22. The maximum atomic E-state index is 12.2. The Labute approximate surface area is 116 Å². The standard InChI is InChI=1S/C15H15N3O2/c1-10-6-12-4-3-5-13(14(12)20-10)15(19)16-7-11-8-17-18(2)9-11/h3-6,8-9H,7H2,1-2H3,(H,16,19). The highest BCUT2D eigenvalue weighted by molar-refractivity contribution is 6.04. The van der Waals surface area contributed by atoms with Gasteiger partial charge >= 0.3 is 0 Å². The molecule has 0 spiro atoms. The molecule has 1 N–H and O–H groups in total. The van der Waals surface area contributed by atoms with Crippen LogP contribution in [-0.2, 0) is 13.6 Å². The number of rotatable bonds is 3. The summed E-state index contributed by atoms with van der Waals surface area (Å²) >= 11 is 0. The lowest BCUT2D eigenvalue weighted by Gasteiger charge is -2.04. The Bertz CT molecular complexity index is 770. The number of benzene rings is 1. The molecule has 3 rings (SSSR count). The van der Waals surface area contributed by atoms with E-state index in [2.05, 4.69) is 10.4 Å². The highest BCUT2D eigenvalue weighted by Crippen LogP contribution is 2.22. The van der Waals surface area contributed by atoms with E-state index in [4.69, 9.17) is 4.42 Å². The highest BCUT2D eigenvalue weighted by Gasteiger charge is 2.13. The third-order valence-electron chi connectivity index (χ3n) is 3.12. The van der Waals surface area contributed by atoms with Crippen LogP contribution in [0.3, 0.4) is 0 Å². The van der Waals surface area contributed by atoms with Gasteiger partial charge in [-0.1, -0.05) is 12.1 Å². The number of aromatic nitrogens is 2. The van der Waals surface area contributed by atoms with Gasteiger partial charge in [0.2, 0.25) is 0 Å². The van der Waals surface area contributed by atoms with Gasteiger partial charge in [0.1, 0.15) is 11.3 Å². The molecule has 1 amide bonds. The summed E-state index contributed by atoms with van der Waals surface area (Å²) in [6.45, 7) is 2.32. The van der Waals surface area contributed by atoms with Crippen molar-refractivity contribution in [1.29, 1.82) is 0 Å². The fourth-order valence-corrected chi connectivity index (χ4v) is 2.21. The van der Waals surface area contributed by atoms with Gasteiger partial charge in [-0.25, -0.2) is 0 Å². The Balaban J connectivity index is 1.81. The predicted molar refractivity (Wildman–Crippen MR) is 75.3 cm³/mol. The molecule has 2 heterocycles. The van der Waals surface area contributed by atoms with Crippen LogP contribution in [0.4, 0.5) is 0 Å². The van der Waals surface area contributed by atoms with Crippen molar-refractivity contribution >= 4 is 16.9 Å². The first-order valence-electron chi connectivity index (χ1n) is 6.38. The van der Waals surface area contributed by atoms with Crippen molar-refractivity contribution in [1.82, 2.24) is 15.1 Å². The maximum Gasteiger partial charge on any atom is 0.255 e. The normalized spacial score (nSPS) is 10.9. The van der Waals surface area contributed by atoms with Crippen LogP contribution in [-0.4, -0.2) is 15.7 Å². The molecular weight excluding hydrogens is 254 g/mol. The fourth-order valence-electron chi connectivity index (χ4n) is 2.21. The molecule has 0 atom stereocenters. The van der Waals surface area contributed by atoms with Gasteiger partial charge in [0.05, 0.1) is 11.8 Å². The average molecular weight is 269 g/mol. The number of fused-ring (bicyclic) bond motifs is 1. The molecule has 0 fully saturated rings. The zero-order valence-corrected chi connectivity index (χ0v) is 11.4. The summed E-state index contributed by atoms with van der Waals surface area (Å²) in [6, 6.07) is 7.48. The molecule has 0 aliphatic rings. The first-order valence-corrected chi connectivity index (χ1v) is 6.38. The van der Waals surface area contributed by atoms with E-state index in [1.54, 1.807) is 16.9 Å². The average Bonchev–Trinajstić information content (AvgIpc) is 3.00. The second-order valence-electron chi connectivity index (χ2n) is 4.79. The molecule has 0 aliphatic heterocycles. The third kappa shape index (κ3) is 2.30. The molecule has 0 saturated heterocycles. The Morgan fingerprint density at radius 1 is 1.45 bits per heavy atom. The monoisotopic (exact) mass is 269 g/mol. The number of carbonyl (C=O) groups is 1. The van der Waals surface area contributed by atoms with Gasteiger partial charge in [-0.15, -0.1) is 0 Å². The molecule has 2 aromatic heterocycles. The minimum Gasteiger partial charge on any atom is -0.461 e. The molecule has 102 valence electrons. The summed E-state index contributed by atoms with van der Waals surface area (Å²) in [5.74, 6) is 0.654. The summed E-state index contributed by atoms with van der Waals surface area (Å²) in [5, 5.41) is 7.89. The molecule has 0 bridgehead atoms. The lowest BCUT2D eigenvalue weighted by atomic mass is 10.1. The fraction of sp³-hybridized carbons (Fsp3) is 0.200. The van der Waals surface area contributed by atoms with E-state index in [9.17, 15) is 4.79 Å².